The van der Waals surface area contributed by atoms with E-state index in [0.29, 0.717) is 19.7 Å². The van der Waals surface area contributed by atoms with E-state index < -0.39 is 9.84 Å². The van der Waals surface area contributed by atoms with Crippen LogP contribution in [0.1, 0.15) is 18.6 Å². The summed E-state index contributed by atoms with van der Waals surface area (Å²) in [6.45, 7) is 3.71. The quantitative estimate of drug-likeness (QED) is 0.726. The summed E-state index contributed by atoms with van der Waals surface area (Å²) >= 11 is 0. The van der Waals surface area contributed by atoms with Gasteiger partial charge in [-0.15, -0.1) is 0 Å². The van der Waals surface area contributed by atoms with Gasteiger partial charge in [0.2, 0.25) is 0 Å². The number of hydrogen-bond donors (Lipinski definition) is 1. The Bertz CT molecular complexity index is 431. The number of rotatable bonds is 8. The second-order valence-corrected chi connectivity index (χ2v) is 6.56. The molecule has 4 nitrogen and oxygen atoms in total. The van der Waals surface area contributed by atoms with Gasteiger partial charge in [-0.05, 0) is 12.5 Å². The van der Waals surface area contributed by atoms with Crippen molar-refractivity contribution < 1.29 is 13.2 Å². The van der Waals surface area contributed by atoms with Gasteiger partial charge in [-0.25, -0.2) is 8.42 Å². The number of sulfone groups is 1. The average Bonchev–Trinajstić information content (AvgIpc) is 2.33. The third-order valence-electron chi connectivity index (χ3n) is 2.57. The molecule has 1 aromatic rings. The first-order valence-corrected chi connectivity index (χ1v) is 8.10. The number of benzene rings is 1. The molecular weight excluding hydrogens is 250 g/mol. The molecule has 0 spiro atoms. The van der Waals surface area contributed by atoms with E-state index in [4.69, 9.17) is 4.74 Å². The molecule has 0 heterocycles. The van der Waals surface area contributed by atoms with E-state index in [1.807, 2.05) is 37.3 Å². The molecule has 0 bridgehead atoms. The summed E-state index contributed by atoms with van der Waals surface area (Å²) in [7, 11) is -2.87. The number of hydrogen-bond acceptors (Lipinski definition) is 4. The largest absolute Gasteiger partial charge is 0.373 e. The van der Waals surface area contributed by atoms with Crippen molar-refractivity contribution in [2.24, 2.45) is 0 Å². The summed E-state index contributed by atoms with van der Waals surface area (Å²) in [5.41, 5.74) is 1.15. The highest BCUT2D eigenvalue weighted by Crippen LogP contribution is 2.14. The molecule has 5 heteroatoms. The van der Waals surface area contributed by atoms with Gasteiger partial charge in [0.05, 0.1) is 18.5 Å². The van der Waals surface area contributed by atoms with Crippen molar-refractivity contribution in [1.29, 1.82) is 0 Å². The lowest BCUT2D eigenvalue weighted by Gasteiger charge is -2.13. The highest BCUT2D eigenvalue weighted by Gasteiger charge is 2.04. The monoisotopic (exact) mass is 271 g/mol. The van der Waals surface area contributed by atoms with Crippen molar-refractivity contribution in [2.75, 3.05) is 31.7 Å². The van der Waals surface area contributed by atoms with E-state index in [0.717, 1.165) is 5.56 Å². The molecule has 1 N–H and O–H groups in total. The highest BCUT2D eigenvalue weighted by atomic mass is 32.2. The average molecular weight is 271 g/mol. The van der Waals surface area contributed by atoms with Crippen LogP contribution in [0.4, 0.5) is 0 Å². The first kappa shape index (κ1) is 15.1. The van der Waals surface area contributed by atoms with Gasteiger partial charge in [-0.3, -0.25) is 0 Å². The Labute approximate surface area is 109 Å². The molecule has 0 amide bonds. The van der Waals surface area contributed by atoms with E-state index in [1.54, 1.807) is 0 Å². The van der Waals surface area contributed by atoms with Crippen LogP contribution >= 0.6 is 0 Å². The minimum Gasteiger partial charge on any atom is -0.373 e. The van der Waals surface area contributed by atoms with Gasteiger partial charge in [0.1, 0.15) is 9.84 Å². The zero-order valence-electron chi connectivity index (χ0n) is 10.9. The van der Waals surface area contributed by atoms with Gasteiger partial charge in [-0.1, -0.05) is 30.3 Å². The molecule has 0 aliphatic rings. The molecule has 0 fully saturated rings. The predicted octanol–water partition coefficient (Wildman–Crippen LogP) is 1.40. The molecule has 18 heavy (non-hydrogen) atoms. The molecule has 1 atom stereocenters. The van der Waals surface area contributed by atoms with Crippen LogP contribution in [-0.2, 0) is 14.6 Å². The van der Waals surface area contributed by atoms with Gasteiger partial charge in [0, 0.05) is 19.3 Å². The molecular formula is C13H21NO3S. The van der Waals surface area contributed by atoms with E-state index >= 15 is 0 Å². The van der Waals surface area contributed by atoms with Crippen molar-refractivity contribution in [2.45, 2.75) is 13.0 Å². The molecule has 102 valence electrons. The third kappa shape index (κ3) is 6.74. The lowest BCUT2D eigenvalue weighted by molar-refractivity contribution is 0.0680. The van der Waals surface area contributed by atoms with Crippen LogP contribution in [0.25, 0.3) is 0 Å². The van der Waals surface area contributed by atoms with Gasteiger partial charge in [0.15, 0.2) is 0 Å². The van der Waals surface area contributed by atoms with Gasteiger partial charge >= 0.3 is 0 Å². The van der Waals surface area contributed by atoms with Crippen molar-refractivity contribution in [3.8, 4) is 0 Å². The Morgan fingerprint density at radius 3 is 2.50 bits per heavy atom. The van der Waals surface area contributed by atoms with Crippen LogP contribution in [0, 0.1) is 0 Å². The fourth-order valence-electron chi connectivity index (χ4n) is 1.51. The van der Waals surface area contributed by atoms with Crippen LogP contribution in [0.2, 0.25) is 0 Å². The maximum absolute atomic E-state index is 10.9. The Morgan fingerprint density at radius 1 is 1.22 bits per heavy atom. The molecule has 0 aliphatic heterocycles. The summed E-state index contributed by atoms with van der Waals surface area (Å²) in [6, 6.07) is 10.0. The molecule has 1 aromatic carbocycles. The highest BCUT2D eigenvalue weighted by molar-refractivity contribution is 7.90. The van der Waals surface area contributed by atoms with Crippen LogP contribution < -0.4 is 5.32 Å². The maximum atomic E-state index is 10.9. The number of nitrogens with one attached hydrogen (secondary N) is 1. The topological polar surface area (TPSA) is 55.4 Å². The maximum Gasteiger partial charge on any atom is 0.148 e. The van der Waals surface area contributed by atoms with Crippen molar-refractivity contribution in [1.82, 2.24) is 5.32 Å². The van der Waals surface area contributed by atoms with E-state index in [9.17, 15) is 8.42 Å². The van der Waals surface area contributed by atoms with Gasteiger partial charge < -0.3 is 10.1 Å². The van der Waals surface area contributed by atoms with E-state index in [1.165, 1.54) is 6.26 Å². The molecule has 0 saturated heterocycles. The van der Waals surface area contributed by atoms with Crippen molar-refractivity contribution >= 4 is 9.84 Å². The second kappa shape index (κ2) is 7.51. The minimum atomic E-state index is -2.87. The smallest absolute Gasteiger partial charge is 0.148 e. The Kier molecular flexibility index (Phi) is 6.32. The first-order valence-electron chi connectivity index (χ1n) is 6.04. The summed E-state index contributed by atoms with van der Waals surface area (Å²) in [5, 5.41) is 3.04. The summed E-state index contributed by atoms with van der Waals surface area (Å²) in [4.78, 5) is 0. The predicted molar refractivity (Wildman–Crippen MR) is 73.4 cm³/mol. The second-order valence-electron chi connectivity index (χ2n) is 4.30. The summed E-state index contributed by atoms with van der Waals surface area (Å²) in [5.74, 6) is 0.168. The first-order chi connectivity index (χ1) is 8.49. The molecule has 0 aromatic heterocycles. The Morgan fingerprint density at radius 2 is 1.89 bits per heavy atom. The van der Waals surface area contributed by atoms with Gasteiger partial charge in [0.25, 0.3) is 0 Å². The normalized spacial score (nSPS) is 13.4. The van der Waals surface area contributed by atoms with Crippen molar-refractivity contribution in [3.63, 3.8) is 0 Å². The standard InChI is InChI=1S/C13H21NO3S/c1-12(13-6-4-3-5-7-13)17-10-8-14-9-11-18(2,15)16/h3-7,12,14H,8-11H2,1-2H3. The fraction of sp³-hybridized carbons (Fsp3) is 0.538. The number of ether oxygens (including phenoxy) is 1. The summed E-state index contributed by atoms with van der Waals surface area (Å²) in [6.07, 6.45) is 1.30. The SMILES string of the molecule is CC(OCCNCCS(C)(=O)=O)c1ccccc1. The Balaban J connectivity index is 2.12. The lowest BCUT2D eigenvalue weighted by atomic mass is 10.1. The van der Waals surface area contributed by atoms with Crippen LogP contribution in [0.15, 0.2) is 30.3 Å². The van der Waals surface area contributed by atoms with Crippen molar-refractivity contribution in [3.05, 3.63) is 35.9 Å². The van der Waals surface area contributed by atoms with E-state index in [2.05, 4.69) is 5.32 Å². The van der Waals surface area contributed by atoms with Gasteiger partial charge in [-0.2, -0.15) is 0 Å². The Hall–Kier alpha value is -0.910. The molecule has 0 aliphatic carbocycles. The van der Waals surface area contributed by atoms with Crippen LogP contribution in [0.5, 0.6) is 0 Å². The third-order valence-corrected chi connectivity index (χ3v) is 3.51. The summed E-state index contributed by atoms with van der Waals surface area (Å²) < 4.78 is 27.4. The minimum absolute atomic E-state index is 0.0582. The fourth-order valence-corrected chi connectivity index (χ4v) is 2.03. The lowest BCUT2D eigenvalue weighted by Crippen LogP contribution is -2.26. The van der Waals surface area contributed by atoms with Crippen LogP contribution in [-0.4, -0.2) is 40.1 Å². The van der Waals surface area contributed by atoms with Crippen LogP contribution in [0.3, 0.4) is 0 Å². The molecule has 0 radical (unpaired) electrons. The zero-order valence-corrected chi connectivity index (χ0v) is 11.7. The van der Waals surface area contributed by atoms with E-state index in [-0.39, 0.29) is 11.9 Å². The molecule has 1 rings (SSSR count). The molecule has 1 unspecified atom stereocenters. The zero-order chi connectivity index (χ0) is 13.4. The molecule has 0 saturated carbocycles.